The maximum Gasteiger partial charge on any atom is 0.408 e. The maximum atomic E-state index is 12.8. The summed E-state index contributed by atoms with van der Waals surface area (Å²) in [4.78, 5) is 24.9. The molecule has 0 unspecified atom stereocenters. The van der Waals surface area contributed by atoms with Crippen LogP contribution in [0.1, 0.15) is 19.4 Å². The van der Waals surface area contributed by atoms with Crippen molar-refractivity contribution in [1.29, 1.82) is 0 Å². The second-order valence-electron chi connectivity index (χ2n) is 6.48. The molecule has 0 heterocycles. The summed E-state index contributed by atoms with van der Waals surface area (Å²) in [6.07, 6.45) is -0.657. The fourth-order valence-corrected chi connectivity index (χ4v) is 2.55. The number of carbonyl (C=O) groups is 2. The number of amides is 2. The van der Waals surface area contributed by atoms with E-state index in [1.54, 1.807) is 18.2 Å². The molecule has 0 aliphatic heterocycles. The molecule has 0 saturated heterocycles. The summed E-state index contributed by atoms with van der Waals surface area (Å²) in [5.41, 5.74) is 1.32. The van der Waals surface area contributed by atoms with Crippen molar-refractivity contribution in [3.8, 4) is 11.5 Å². The van der Waals surface area contributed by atoms with Gasteiger partial charge in [0, 0.05) is 6.07 Å². The van der Waals surface area contributed by atoms with Crippen LogP contribution in [0.25, 0.3) is 0 Å². The van der Waals surface area contributed by atoms with Gasteiger partial charge < -0.3 is 24.8 Å². The van der Waals surface area contributed by atoms with E-state index >= 15 is 0 Å². The average Bonchev–Trinajstić information content (AvgIpc) is 2.70. The lowest BCUT2D eigenvalue weighted by Gasteiger charge is -2.22. The van der Waals surface area contributed by atoms with Gasteiger partial charge in [0.2, 0.25) is 5.91 Å². The highest BCUT2D eigenvalue weighted by Crippen LogP contribution is 2.29. The van der Waals surface area contributed by atoms with Crippen molar-refractivity contribution in [1.82, 2.24) is 5.32 Å². The highest BCUT2D eigenvalue weighted by atomic mass is 16.5. The van der Waals surface area contributed by atoms with E-state index in [1.807, 2.05) is 44.2 Å². The van der Waals surface area contributed by atoms with Crippen molar-refractivity contribution >= 4 is 17.7 Å². The summed E-state index contributed by atoms with van der Waals surface area (Å²) >= 11 is 0. The average molecular weight is 386 g/mol. The fourth-order valence-electron chi connectivity index (χ4n) is 2.55. The van der Waals surface area contributed by atoms with Gasteiger partial charge in [-0.2, -0.15) is 0 Å². The Hall–Kier alpha value is -3.22. The SMILES string of the molecule is COc1ccc(OC)c(NC(=O)[C@@H](NC(=O)OCc2ccccc2)C(C)C)c1. The quantitative estimate of drug-likeness (QED) is 0.724. The molecule has 2 aromatic carbocycles. The number of methoxy groups -OCH3 is 2. The summed E-state index contributed by atoms with van der Waals surface area (Å²) in [6, 6.07) is 13.6. The van der Waals surface area contributed by atoms with Gasteiger partial charge in [-0.25, -0.2) is 4.79 Å². The van der Waals surface area contributed by atoms with Crippen LogP contribution in [-0.2, 0) is 16.1 Å². The zero-order valence-electron chi connectivity index (χ0n) is 16.5. The van der Waals surface area contributed by atoms with Gasteiger partial charge in [-0.3, -0.25) is 4.79 Å². The molecule has 2 rings (SSSR count). The van der Waals surface area contributed by atoms with E-state index in [-0.39, 0.29) is 18.4 Å². The number of carbonyl (C=O) groups excluding carboxylic acids is 2. The Morgan fingerprint density at radius 1 is 1.00 bits per heavy atom. The first-order chi connectivity index (χ1) is 13.4. The third kappa shape index (κ3) is 5.90. The largest absolute Gasteiger partial charge is 0.497 e. The third-order valence-electron chi connectivity index (χ3n) is 4.10. The Kier molecular flexibility index (Phi) is 7.68. The van der Waals surface area contributed by atoms with Gasteiger partial charge in [0.05, 0.1) is 19.9 Å². The van der Waals surface area contributed by atoms with Crippen molar-refractivity contribution in [3.63, 3.8) is 0 Å². The first kappa shape index (κ1) is 21.1. The van der Waals surface area contributed by atoms with Crippen LogP contribution in [0.3, 0.4) is 0 Å². The molecule has 0 fully saturated rings. The number of ether oxygens (including phenoxy) is 3. The van der Waals surface area contributed by atoms with Crippen LogP contribution in [-0.4, -0.2) is 32.3 Å². The summed E-state index contributed by atoms with van der Waals surface area (Å²) in [6.45, 7) is 3.80. The second-order valence-corrected chi connectivity index (χ2v) is 6.48. The number of nitrogens with one attached hydrogen (secondary N) is 2. The molecule has 0 aliphatic carbocycles. The molecule has 0 saturated carbocycles. The summed E-state index contributed by atoms with van der Waals surface area (Å²) in [7, 11) is 3.05. The van der Waals surface area contributed by atoms with Crippen molar-refractivity contribution in [2.75, 3.05) is 19.5 Å². The summed E-state index contributed by atoms with van der Waals surface area (Å²) in [5.74, 6) is 0.537. The first-order valence-corrected chi connectivity index (χ1v) is 8.94. The number of anilines is 1. The van der Waals surface area contributed by atoms with Gasteiger partial charge in [0.25, 0.3) is 0 Å². The molecule has 0 radical (unpaired) electrons. The van der Waals surface area contributed by atoms with E-state index in [9.17, 15) is 9.59 Å². The predicted molar refractivity (Wildman–Crippen MR) is 107 cm³/mol. The first-order valence-electron chi connectivity index (χ1n) is 8.94. The van der Waals surface area contributed by atoms with Crippen LogP contribution in [0.15, 0.2) is 48.5 Å². The smallest absolute Gasteiger partial charge is 0.408 e. The van der Waals surface area contributed by atoms with E-state index in [2.05, 4.69) is 10.6 Å². The molecule has 2 aromatic rings. The number of benzene rings is 2. The van der Waals surface area contributed by atoms with Crippen molar-refractivity contribution in [2.45, 2.75) is 26.5 Å². The minimum Gasteiger partial charge on any atom is -0.497 e. The maximum absolute atomic E-state index is 12.8. The van der Waals surface area contributed by atoms with Gasteiger partial charge in [0.15, 0.2) is 0 Å². The second kappa shape index (κ2) is 10.2. The van der Waals surface area contributed by atoms with Crippen LogP contribution in [0.2, 0.25) is 0 Å². The Morgan fingerprint density at radius 2 is 1.71 bits per heavy atom. The van der Waals surface area contributed by atoms with E-state index in [1.165, 1.54) is 14.2 Å². The van der Waals surface area contributed by atoms with Crippen molar-refractivity contribution in [3.05, 3.63) is 54.1 Å². The van der Waals surface area contributed by atoms with E-state index < -0.39 is 12.1 Å². The molecule has 2 amide bonds. The minimum atomic E-state index is -0.779. The molecule has 28 heavy (non-hydrogen) atoms. The van der Waals surface area contributed by atoms with Crippen LogP contribution >= 0.6 is 0 Å². The highest BCUT2D eigenvalue weighted by molar-refractivity contribution is 5.98. The molecule has 0 spiro atoms. The normalized spacial score (nSPS) is 11.5. The van der Waals surface area contributed by atoms with E-state index in [0.29, 0.717) is 17.2 Å². The topological polar surface area (TPSA) is 85.9 Å². The minimum absolute atomic E-state index is 0.128. The zero-order valence-corrected chi connectivity index (χ0v) is 16.5. The Morgan fingerprint density at radius 3 is 2.32 bits per heavy atom. The van der Waals surface area contributed by atoms with Crippen LogP contribution in [0.5, 0.6) is 11.5 Å². The summed E-state index contributed by atoms with van der Waals surface area (Å²) < 4.78 is 15.7. The number of hydrogen-bond acceptors (Lipinski definition) is 5. The fraction of sp³-hybridized carbons (Fsp3) is 0.333. The van der Waals surface area contributed by atoms with Gasteiger partial charge in [-0.15, -0.1) is 0 Å². The summed E-state index contributed by atoms with van der Waals surface area (Å²) in [5, 5.41) is 5.41. The van der Waals surface area contributed by atoms with Gasteiger partial charge in [-0.05, 0) is 23.6 Å². The zero-order chi connectivity index (χ0) is 20.5. The molecular weight excluding hydrogens is 360 g/mol. The molecule has 2 N–H and O–H groups in total. The predicted octanol–water partition coefficient (Wildman–Crippen LogP) is 3.59. The molecule has 0 aromatic heterocycles. The van der Waals surface area contributed by atoms with E-state index in [0.717, 1.165) is 5.56 Å². The molecule has 0 aliphatic rings. The molecule has 0 bridgehead atoms. The Balaban J connectivity index is 2.02. The van der Waals surface area contributed by atoms with Gasteiger partial charge in [0.1, 0.15) is 24.1 Å². The molecule has 1 atom stereocenters. The van der Waals surface area contributed by atoms with Crippen LogP contribution in [0.4, 0.5) is 10.5 Å². The standard InChI is InChI=1S/C21H26N2O5/c1-14(2)19(23-21(25)28-13-15-8-6-5-7-9-15)20(24)22-17-12-16(26-3)10-11-18(17)27-4/h5-12,14,19H,13H2,1-4H3,(H,22,24)(H,23,25)/t19-/m0/s1. The van der Waals surface area contributed by atoms with Crippen molar-refractivity contribution in [2.24, 2.45) is 5.92 Å². The number of alkyl carbamates (subject to hydrolysis) is 1. The lowest BCUT2D eigenvalue weighted by molar-refractivity contribution is -0.119. The van der Waals surface area contributed by atoms with Crippen molar-refractivity contribution < 1.29 is 23.8 Å². The van der Waals surface area contributed by atoms with Crippen LogP contribution < -0.4 is 20.1 Å². The van der Waals surface area contributed by atoms with Crippen LogP contribution in [0, 0.1) is 5.92 Å². The lowest BCUT2D eigenvalue weighted by atomic mass is 10.0. The molecule has 150 valence electrons. The third-order valence-corrected chi connectivity index (χ3v) is 4.10. The highest BCUT2D eigenvalue weighted by Gasteiger charge is 2.26. The Bertz CT molecular complexity index is 793. The van der Waals surface area contributed by atoms with Gasteiger partial charge in [-0.1, -0.05) is 44.2 Å². The Labute approximate surface area is 165 Å². The molecular formula is C21H26N2O5. The molecule has 7 nitrogen and oxygen atoms in total. The van der Waals surface area contributed by atoms with E-state index in [4.69, 9.17) is 14.2 Å². The van der Waals surface area contributed by atoms with Gasteiger partial charge >= 0.3 is 6.09 Å². The number of hydrogen-bond donors (Lipinski definition) is 2. The number of rotatable bonds is 8. The monoisotopic (exact) mass is 386 g/mol. The molecule has 7 heteroatoms. The lowest BCUT2D eigenvalue weighted by Crippen LogP contribution is -2.47.